The Balaban J connectivity index is 1.61. The summed E-state index contributed by atoms with van der Waals surface area (Å²) < 4.78 is 0. The van der Waals surface area contributed by atoms with Crippen molar-refractivity contribution in [3.05, 3.63) is 111 Å². The molecule has 0 spiro atoms. The van der Waals surface area contributed by atoms with Crippen molar-refractivity contribution in [2.24, 2.45) is 4.99 Å². The lowest BCUT2D eigenvalue weighted by molar-refractivity contribution is 0.613. The third-order valence-corrected chi connectivity index (χ3v) is 7.82. The van der Waals surface area contributed by atoms with Crippen LogP contribution in [-0.4, -0.2) is 5.71 Å². The first kappa shape index (κ1) is 20.2. The maximum atomic E-state index is 5.12. The van der Waals surface area contributed by atoms with Crippen LogP contribution >= 0.6 is 0 Å². The Morgan fingerprint density at radius 1 is 0.818 bits per heavy atom. The zero-order valence-electron chi connectivity index (χ0n) is 20.1. The molecule has 0 saturated heterocycles. The van der Waals surface area contributed by atoms with E-state index in [4.69, 9.17) is 4.99 Å². The molecule has 3 aliphatic rings. The summed E-state index contributed by atoms with van der Waals surface area (Å²) in [5, 5.41) is 0. The highest BCUT2D eigenvalue weighted by Crippen LogP contribution is 2.53. The van der Waals surface area contributed by atoms with E-state index in [9.17, 15) is 0 Å². The van der Waals surface area contributed by atoms with Crippen LogP contribution in [0, 0.1) is 6.92 Å². The van der Waals surface area contributed by atoms with Gasteiger partial charge >= 0.3 is 0 Å². The normalized spacial score (nSPS) is 16.3. The molecule has 1 heterocycles. The van der Waals surface area contributed by atoms with Gasteiger partial charge in [-0.1, -0.05) is 80.1 Å². The van der Waals surface area contributed by atoms with Gasteiger partial charge in [-0.25, -0.2) is 4.99 Å². The summed E-state index contributed by atoms with van der Waals surface area (Å²) in [6.07, 6.45) is 5.77. The van der Waals surface area contributed by atoms with E-state index < -0.39 is 0 Å². The van der Waals surface area contributed by atoms with Crippen molar-refractivity contribution in [3.8, 4) is 11.1 Å². The topological polar surface area (TPSA) is 12.4 Å². The summed E-state index contributed by atoms with van der Waals surface area (Å²) >= 11 is 0. The van der Waals surface area contributed by atoms with Gasteiger partial charge in [0, 0.05) is 16.6 Å². The van der Waals surface area contributed by atoms with Gasteiger partial charge in [-0.2, -0.15) is 0 Å². The predicted molar refractivity (Wildman–Crippen MR) is 141 cm³/mol. The fourth-order valence-corrected chi connectivity index (χ4v) is 5.94. The van der Waals surface area contributed by atoms with E-state index in [-0.39, 0.29) is 5.41 Å². The Labute approximate surface area is 196 Å². The van der Waals surface area contributed by atoms with Gasteiger partial charge in [0.2, 0.25) is 0 Å². The van der Waals surface area contributed by atoms with Gasteiger partial charge in [0.15, 0.2) is 0 Å². The minimum atomic E-state index is -0.108. The molecule has 2 aliphatic carbocycles. The molecule has 0 bridgehead atoms. The summed E-state index contributed by atoms with van der Waals surface area (Å²) in [7, 11) is 0. The summed E-state index contributed by atoms with van der Waals surface area (Å²) in [6.45, 7) is 11.5. The Morgan fingerprint density at radius 3 is 2.30 bits per heavy atom. The van der Waals surface area contributed by atoms with Crippen LogP contribution in [0.4, 0.5) is 5.69 Å². The highest BCUT2D eigenvalue weighted by molar-refractivity contribution is 6.39. The fraction of sp³-hybridized carbons (Fsp3) is 0.219. The lowest BCUT2D eigenvalue weighted by atomic mass is 9.70. The molecule has 0 saturated carbocycles. The first-order valence-electron chi connectivity index (χ1n) is 11.9. The van der Waals surface area contributed by atoms with Gasteiger partial charge in [-0.15, -0.1) is 0 Å². The average Bonchev–Trinajstić information content (AvgIpc) is 3.47. The lowest BCUT2D eigenvalue weighted by Gasteiger charge is -2.33. The van der Waals surface area contributed by atoms with E-state index in [1.165, 1.54) is 61.2 Å². The molecule has 33 heavy (non-hydrogen) atoms. The second-order valence-electron chi connectivity index (χ2n) is 10.2. The number of hydrogen-bond donors (Lipinski definition) is 0. The van der Waals surface area contributed by atoms with E-state index in [0.29, 0.717) is 0 Å². The number of allylic oxidation sites excluding steroid dienone is 5. The predicted octanol–water partition coefficient (Wildman–Crippen LogP) is 8.40. The largest absolute Gasteiger partial charge is 0.247 e. The highest BCUT2D eigenvalue weighted by atomic mass is 14.8. The Bertz CT molecular complexity index is 1460. The summed E-state index contributed by atoms with van der Waals surface area (Å²) in [4.78, 5) is 5.12. The minimum absolute atomic E-state index is 0.108. The Morgan fingerprint density at radius 2 is 1.55 bits per heavy atom. The molecule has 162 valence electrons. The number of hydrogen-bond acceptors (Lipinski definition) is 1. The van der Waals surface area contributed by atoms with Gasteiger partial charge in [0.05, 0.1) is 11.4 Å². The van der Waals surface area contributed by atoms with Crippen LogP contribution in [0.1, 0.15) is 55.5 Å². The second kappa shape index (κ2) is 7.02. The molecular weight excluding hydrogens is 398 g/mol. The molecule has 0 fully saturated rings. The second-order valence-corrected chi connectivity index (χ2v) is 10.2. The van der Waals surface area contributed by atoms with Crippen molar-refractivity contribution in [3.63, 3.8) is 0 Å². The minimum Gasteiger partial charge on any atom is -0.247 e. The van der Waals surface area contributed by atoms with Gasteiger partial charge in [0.25, 0.3) is 0 Å². The SMILES string of the molecule is CC1=C(C)C2=Nc3cc(C)c(C(C)(C)C4=Cc5ccccc5C4)c(-c4ccccc4)c3C2=C1. The first-order chi connectivity index (χ1) is 15.9. The molecule has 3 aromatic carbocycles. The van der Waals surface area contributed by atoms with E-state index in [0.717, 1.165) is 17.8 Å². The number of nitrogens with zero attached hydrogens (tertiary/aromatic N) is 1. The molecule has 0 atom stereocenters. The van der Waals surface area contributed by atoms with Crippen molar-refractivity contribution in [2.45, 2.75) is 46.5 Å². The first-order valence-corrected chi connectivity index (χ1v) is 11.9. The molecule has 0 aromatic heterocycles. The number of rotatable bonds is 3. The number of aliphatic imine (C=N–C) groups is 1. The maximum absolute atomic E-state index is 5.12. The molecule has 0 radical (unpaired) electrons. The fourth-order valence-electron chi connectivity index (χ4n) is 5.94. The van der Waals surface area contributed by atoms with Crippen molar-refractivity contribution in [1.82, 2.24) is 0 Å². The molecule has 0 N–H and O–H groups in total. The van der Waals surface area contributed by atoms with Crippen molar-refractivity contribution in [1.29, 1.82) is 0 Å². The summed E-state index contributed by atoms with van der Waals surface area (Å²) in [5.74, 6) is 0. The van der Waals surface area contributed by atoms with Crippen molar-refractivity contribution < 1.29 is 0 Å². The quantitative estimate of drug-likeness (QED) is 0.398. The summed E-state index contributed by atoms with van der Waals surface area (Å²) in [6, 6.07) is 22.0. The Kier molecular flexibility index (Phi) is 4.29. The monoisotopic (exact) mass is 427 g/mol. The summed E-state index contributed by atoms with van der Waals surface area (Å²) in [5.41, 5.74) is 17.0. The van der Waals surface area contributed by atoms with E-state index >= 15 is 0 Å². The van der Waals surface area contributed by atoms with Gasteiger partial charge < -0.3 is 0 Å². The van der Waals surface area contributed by atoms with Crippen LogP contribution in [0.5, 0.6) is 0 Å². The third-order valence-electron chi connectivity index (χ3n) is 7.82. The highest BCUT2D eigenvalue weighted by Gasteiger charge is 2.37. The Hall–Kier alpha value is -3.45. The molecule has 3 aromatic rings. The lowest BCUT2D eigenvalue weighted by Crippen LogP contribution is -2.23. The average molecular weight is 428 g/mol. The van der Waals surface area contributed by atoms with Gasteiger partial charge in [-0.3, -0.25) is 0 Å². The number of fused-ring (bicyclic) bond motifs is 4. The molecule has 1 aliphatic heterocycles. The zero-order valence-corrected chi connectivity index (χ0v) is 20.1. The van der Waals surface area contributed by atoms with E-state index in [2.05, 4.69) is 107 Å². The molecule has 0 amide bonds. The van der Waals surface area contributed by atoms with Gasteiger partial charge in [-0.05, 0) is 83.9 Å². The van der Waals surface area contributed by atoms with Crippen molar-refractivity contribution >= 4 is 23.0 Å². The van der Waals surface area contributed by atoms with Crippen LogP contribution in [0.25, 0.3) is 22.8 Å². The standard InChI is InChI=1S/C32H29N/c1-19-15-26-29-27(33-31(26)21(19)3)16-20(2)30(28(29)22-11-7-6-8-12-22)32(4,5)25-17-23-13-9-10-14-24(23)18-25/h6-17H,18H2,1-5H3. The third kappa shape index (κ3) is 2.88. The van der Waals surface area contributed by atoms with Crippen LogP contribution < -0.4 is 0 Å². The van der Waals surface area contributed by atoms with E-state index in [1.807, 2.05) is 0 Å². The zero-order chi connectivity index (χ0) is 22.9. The van der Waals surface area contributed by atoms with Crippen LogP contribution in [0.3, 0.4) is 0 Å². The molecule has 0 unspecified atom stereocenters. The molecule has 1 heteroatoms. The smallest absolute Gasteiger partial charge is 0.0748 e. The van der Waals surface area contributed by atoms with Crippen LogP contribution in [-0.2, 0) is 11.8 Å². The number of benzene rings is 3. The molecule has 6 rings (SSSR count). The maximum Gasteiger partial charge on any atom is 0.0748 e. The van der Waals surface area contributed by atoms with E-state index in [1.54, 1.807) is 0 Å². The van der Waals surface area contributed by atoms with Crippen LogP contribution in [0.15, 0.2) is 88.5 Å². The number of aryl methyl sites for hydroxylation is 1. The van der Waals surface area contributed by atoms with Crippen LogP contribution in [0.2, 0.25) is 0 Å². The molecular formula is C32H29N. The molecule has 1 nitrogen and oxygen atoms in total. The van der Waals surface area contributed by atoms with Crippen molar-refractivity contribution in [2.75, 3.05) is 0 Å². The van der Waals surface area contributed by atoms with Gasteiger partial charge in [0.1, 0.15) is 0 Å².